The quantitative estimate of drug-likeness (QED) is 0.655. The first-order valence-corrected chi connectivity index (χ1v) is 4.63. The summed E-state index contributed by atoms with van der Waals surface area (Å²) in [6, 6.07) is 3.34. The third kappa shape index (κ3) is 2.86. The summed E-state index contributed by atoms with van der Waals surface area (Å²) in [5.74, 6) is 0.0775. The van der Waals surface area contributed by atoms with E-state index < -0.39 is 6.23 Å². The Balaban J connectivity index is 2.58. The summed E-state index contributed by atoms with van der Waals surface area (Å²) in [5.41, 5.74) is 5.53. The molecule has 1 rings (SSSR count). The van der Waals surface area contributed by atoms with E-state index in [1.807, 2.05) is 0 Å². The number of ether oxygens (including phenoxy) is 1. The molecular formula is C8H10BrNO3. The van der Waals surface area contributed by atoms with Crippen molar-refractivity contribution in [3.63, 3.8) is 0 Å². The van der Waals surface area contributed by atoms with Crippen molar-refractivity contribution in [3.8, 4) is 0 Å². The lowest BCUT2D eigenvalue weighted by Gasteiger charge is -2.08. The molecule has 1 heterocycles. The van der Waals surface area contributed by atoms with Crippen LogP contribution in [-0.4, -0.2) is 5.97 Å². The lowest BCUT2D eigenvalue weighted by Crippen LogP contribution is -2.17. The van der Waals surface area contributed by atoms with Crippen LogP contribution < -0.4 is 5.73 Å². The van der Waals surface area contributed by atoms with Gasteiger partial charge in [0.05, 0.1) is 0 Å². The van der Waals surface area contributed by atoms with Crippen molar-refractivity contribution in [2.24, 2.45) is 5.73 Å². The van der Waals surface area contributed by atoms with Crippen molar-refractivity contribution in [2.75, 3.05) is 0 Å². The zero-order valence-corrected chi connectivity index (χ0v) is 8.71. The molecule has 72 valence electrons. The molecule has 0 radical (unpaired) electrons. The molecular weight excluding hydrogens is 238 g/mol. The van der Waals surface area contributed by atoms with Gasteiger partial charge in [-0.05, 0) is 28.1 Å². The molecule has 0 aliphatic heterocycles. The molecule has 0 saturated carbocycles. The van der Waals surface area contributed by atoms with E-state index in [0.29, 0.717) is 16.9 Å². The fourth-order valence-corrected chi connectivity index (χ4v) is 1.08. The third-order valence-electron chi connectivity index (χ3n) is 1.42. The van der Waals surface area contributed by atoms with E-state index in [-0.39, 0.29) is 5.97 Å². The van der Waals surface area contributed by atoms with E-state index in [1.165, 1.54) is 0 Å². The monoisotopic (exact) mass is 247 g/mol. The van der Waals surface area contributed by atoms with Gasteiger partial charge in [0.15, 0.2) is 10.4 Å². The summed E-state index contributed by atoms with van der Waals surface area (Å²) < 4.78 is 10.5. The number of hydrogen-bond donors (Lipinski definition) is 1. The Kier molecular flexibility index (Phi) is 3.50. The molecule has 1 unspecified atom stereocenters. The van der Waals surface area contributed by atoms with Crippen LogP contribution in [0.25, 0.3) is 0 Å². The van der Waals surface area contributed by atoms with Crippen LogP contribution in [0.5, 0.6) is 0 Å². The fourth-order valence-electron chi connectivity index (χ4n) is 0.764. The Morgan fingerprint density at radius 1 is 1.77 bits per heavy atom. The summed E-state index contributed by atoms with van der Waals surface area (Å²) in [6.45, 7) is 1.70. The van der Waals surface area contributed by atoms with Crippen LogP contribution >= 0.6 is 15.9 Å². The summed E-state index contributed by atoms with van der Waals surface area (Å²) in [4.78, 5) is 10.8. The average Bonchev–Trinajstić information content (AvgIpc) is 2.51. The summed E-state index contributed by atoms with van der Waals surface area (Å²) in [7, 11) is 0. The predicted octanol–water partition coefficient (Wildman–Crippen LogP) is 1.95. The van der Waals surface area contributed by atoms with Crippen molar-refractivity contribution >= 4 is 21.9 Å². The molecule has 2 N–H and O–H groups in total. The Morgan fingerprint density at radius 3 is 2.92 bits per heavy atom. The van der Waals surface area contributed by atoms with Gasteiger partial charge >= 0.3 is 5.97 Å². The average molecular weight is 248 g/mol. The third-order valence-corrected chi connectivity index (χ3v) is 1.85. The second-order valence-electron chi connectivity index (χ2n) is 2.41. The first kappa shape index (κ1) is 10.3. The maximum Gasteiger partial charge on any atom is 0.307 e. The van der Waals surface area contributed by atoms with E-state index in [9.17, 15) is 4.79 Å². The first-order chi connectivity index (χ1) is 6.13. The van der Waals surface area contributed by atoms with Crippen molar-refractivity contribution < 1.29 is 13.9 Å². The molecule has 1 atom stereocenters. The predicted molar refractivity (Wildman–Crippen MR) is 49.7 cm³/mol. The van der Waals surface area contributed by atoms with Gasteiger partial charge in [0.2, 0.25) is 6.23 Å². The van der Waals surface area contributed by atoms with Gasteiger partial charge in [-0.15, -0.1) is 0 Å². The fraction of sp³-hybridized carbons (Fsp3) is 0.375. The second kappa shape index (κ2) is 4.43. The number of nitrogens with two attached hydrogens (primary N) is 1. The molecule has 0 bridgehead atoms. The summed E-state index contributed by atoms with van der Waals surface area (Å²) in [5, 5.41) is 0. The van der Waals surface area contributed by atoms with Crippen molar-refractivity contribution in [3.05, 3.63) is 22.6 Å². The molecule has 1 aromatic rings. The van der Waals surface area contributed by atoms with Crippen LogP contribution in [0.4, 0.5) is 0 Å². The molecule has 1 aromatic heterocycles. The highest BCUT2D eigenvalue weighted by Crippen LogP contribution is 2.19. The van der Waals surface area contributed by atoms with Crippen molar-refractivity contribution in [2.45, 2.75) is 19.6 Å². The van der Waals surface area contributed by atoms with Gasteiger partial charge in [-0.2, -0.15) is 0 Å². The van der Waals surface area contributed by atoms with Gasteiger partial charge in [0, 0.05) is 6.42 Å². The Labute approximate surface area is 84.2 Å². The molecule has 0 spiro atoms. The Bertz CT molecular complexity index is 297. The lowest BCUT2D eigenvalue weighted by atomic mass is 10.4. The molecule has 0 saturated heterocycles. The van der Waals surface area contributed by atoms with E-state index >= 15 is 0 Å². The van der Waals surface area contributed by atoms with Crippen LogP contribution in [0.1, 0.15) is 25.3 Å². The van der Waals surface area contributed by atoms with E-state index in [4.69, 9.17) is 14.9 Å². The van der Waals surface area contributed by atoms with Crippen molar-refractivity contribution in [1.29, 1.82) is 0 Å². The zero-order chi connectivity index (χ0) is 9.84. The minimum absolute atomic E-state index is 0.301. The highest BCUT2D eigenvalue weighted by molar-refractivity contribution is 9.10. The number of hydrogen-bond acceptors (Lipinski definition) is 4. The molecule has 0 aromatic carbocycles. The number of furan rings is 1. The number of esters is 1. The SMILES string of the molecule is CCC(=O)OC(N)c1ccc(Br)o1. The summed E-state index contributed by atoms with van der Waals surface area (Å²) >= 11 is 3.12. The van der Waals surface area contributed by atoms with E-state index in [2.05, 4.69) is 15.9 Å². The molecule has 4 nitrogen and oxygen atoms in total. The largest absolute Gasteiger partial charge is 0.449 e. The van der Waals surface area contributed by atoms with Crippen LogP contribution in [0.15, 0.2) is 21.2 Å². The molecule has 0 amide bonds. The molecule has 0 fully saturated rings. The molecule has 0 aliphatic carbocycles. The van der Waals surface area contributed by atoms with Crippen LogP contribution in [0, 0.1) is 0 Å². The molecule has 0 aliphatic rings. The number of rotatable bonds is 3. The second-order valence-corrected chi connectivity index (χ2v) is 3.19. The van der Waals surface area contributed by atoms with E-state index in [1.54, 1.807) is 19.1 Å². The molecule has 5 heteroatoms. The first-order valence-electron chi connectivity index (χ1n) is 3.83. The van der Waals surface area contributed by atoms with Gasteiger partial charge in [0.1, 0.15) is 0 Å². The normalized spacial score (nSPS) is 12.5. The summed E-state index contributed by atoms with van der Waals surface area (Å²) in [6.07, 6.45) is -0.519. The highest BCUT2D eigenvalue weighted by atomic mass is 79.9. The number of carbonyl (C=O) groups excluding carboxylic acids is 1. The smallest absolute Gasteiger partial charge is 0.307 e. The van der Waals surface area contributed by atoms with Gasteiger partial charge in [-0.1, -0.05) is 6.92 Å². The van der Waals surface area contributed by atoms with Crippen LogP contribution in [-0.2, 0) is 9.53 Å². The van der Waals surface area contributed by atoms with Gasteiger partial charge in [0.25, 0.3) is 0 Å². The van der Waals surface area contributed by atoms with Crippen molar-refractivity contribution in [1.82, 2.24) is 0 Å². The lowest BCUT2D eigenvalue weighted by molar-refractivity contribution is -0.149. The molecule has 13 heavy (non-hydrogen) atoms. The minimum atomic E-state index is -0.821. The standard InChI is InChI=1S/C8H10BrNO3/c1-2-7(11)13-8(10)5-3-4-6(9)12-5/h3-4,8H,2,10H2,1H3. The Morgan fingerprint density at radius 2 is 2.46 bits per heavy atom. The van der Waals surface area contributed by atoms with E-state index in [0.717, 1.165) is 0 Å². The van der Waals surface area contributed by atoms with Gasteiger partial charge in [-0.3, -0.25) is 10.5 Å². The van der Waals surface area contributed by atoms with Gasteiger partial charge < -0.3 is 9.15 Å². The highest BCUT2D eigenvalue weighted by Gasteiger charge is 2.13. The van der Waals surface area contributed by atoms with Crippen LogP contribution in [0.2, 0.25) is 0 Å². The minimum Gasteiger partial charge on any atom is -0.449 e. The Hall–Kier alpha value is -0.810. The number of halogens is 1. The number of carbonyl (C=O) groups is 1. The van der Waals surface area contributed by atoms with Crippen LogP contribution in [0.3, 0.4) is 0 Å². The zero-order valence-electron chi connectivity index (χ0n) is 7.12. The topological polar surface area (TPSA) is 65.5 Å². The maximum absolute atomic E-state index is 10.8. The van der Waals surface area contributed by atoms with Gasteiger partial charge in [-0.25, -0.2) is 0 Å². The maximum atomic E-state index is 10.8.